The van der Waals surface area contributed by atoms with Gasteiger partial charge in [-0.05, 0) is 19.1 Å². The van der Waals surface area contributed by atoms with Gasteiger partial charge < -0.3 is 15.6 Å². The third-order valence-corrected chi connectivity index (χ3v) is 4.11. The molecular weight excluding hydrogens is 312 g/mol. The number of H-pyrrole nitrogens is 1. The largest absolute Gasteiger partial charge is 0.351 e. The average Bonchev–Trinajstić information content (AvgIpc) is 3.13. The molecule has 0 bridgehead atoms. The highest BCUT2D eigenvalue weighted by atomic mass is 32.1. The monoisotopic (exact) mass is 328 g/mol. The summed E-state index contributed by atoms with van der Waals surface area (Å²) in [5.74, 6) is -0.393. The van der Waals surface area contributed by atoms with E-state index >= 15 is 0 Å². The number of rotatable bonds is 5. The van der Waals surface area contributed by atoms with E-state index in [0.29, 0.717) is 10.8 Å². The minimum absolute atomic E-state index is 0.170. The molecular formula is C16H16N4O2S. The Morgan fingerprint density at radius 2 is 2.13 bits per heavy atom. The quantitative estimate of drug-likeness (QED) is 0.673. The standard InChI is InChI=1S/C16H16N4O2S/c1-10-9-18-16(23-10)20-14(21)6-7-17-15(22)13-8-11-4-2-3-5-12(11)19-13/h2-5,8-9,19H,6-7H2,1H3,(H,17,22)(H,18,20,21). The molecule has 6 nitrogen and oxygen atoms in total. The highest BCUT2D eigenvalue weighted by Gasteiger charge is 2.10. The molecule has 2 heterocycles. The Morgan fingerprint density at radius 1 is 1.30 bits per heavy atom. The van der Waals surface area contributed by atoms with Crippen LogP contribution in [-0.4, -0.2) is 28.3 Å². The lowest BCUT2D eigenvalue weighted by Crippen LogP contribution is -2.27. The molecule has 0 saturated carbocycles. The fraction of sp³-hybridized carbons (Fsp3) is 0.188. The fourth-order valence-corrected chi connectivity index (χ4v) is 2.86. The van der Waals surface area contributed by atoms with Gasteiger partial charge in [0.15, 0.2) is 5.13 Å². The highest BCUT2D eigenvalue weighted by molar-refractivity contribution is 7.15. The first-order valence-electron chi connectivity index (χ1n) is 7.20. The normalized spacial score (nSPS) is 10.7. The zero-order valence-electron chi connectivity index (χ0n) is 12.6. The highest BCUT2D eigenvalue weighted by Crippen LogP contribution is 2.16. The SMILES string of the molecule is Cc1cnc(NC(=O)CCNC(=O)c2cc3ccccc3[nH]2)s1. The van der Waals surface area contributed by atoms with Crippen molar-refractivity contribution >= 4 is 39.2 Å². The van der Waals surface area contributed by atoms with E-state index in [1.807, 2.05) is 31.2 Å². The molecule has 3 rings (SSSR count). The van der Waals surface area contributed by atoms with Gasteiger partial charge in [-0.2, -0.15) is 0 Å². The van der Waals surface area contributed by atoms with Gasteiger partial charge >= 0.3 is 0 Å². The maximum absolute atomic E-state index is 12.1. The second kappa shape index (κ2) is 6.62. The number of nitrogens with one attached hydrogen (secondary N) is 3. The Bertz CT molecular complexity index is 820. The minimum atomic E-state index is -0.223. The number of hydrogen-bond acceptors (Lipinski definition) is 4. The molecule has 3 aromatic rings. The number of benzene rings is 1. The number of hydrogen-bond donors (Lipinski definition) is 3. The molecule has 2 amide bonds. The van der Waals surface area contributed by atoms with Crippen LogP contribution in [0.1, 0.15) is 21.8 Å². The number of fused-ring (bicyclic) bond motifs is 1. The van der Waals surface area contributed by atoms with Crippen LogP contribution in [0.15, 0.2) is 36.5 Å². The fourth-order valence-electron chi connectivity index (χ4n) is 2.17. The smallest absolute Gasteiger partial charge is 0.267 e. The van der Waals surface area contributed by atoms with Crippen molar-refractivity contribution in [1.29, 1.82) is 0 Å². The zero-order chi connectivity index (χ0) is 16.2. The first kappa shape index (κ1) is 15.2. The van der Waals surface area contributed by atoms with Gasteiger partial charge in [0.25, 0.3) is 5.91 Å². The number of carbonyl (C=O) groups is 2. The van der Waals surface area contributed by atoms with E-state index in [-0.39, 0.29) is 24.8 Å². The molecule has 0 fully saturated rings. The lowest BCUT2D eigenvalue weighted by Gasteiger charge is -2.03. The van der Waals surface area contributed by atoms with Gasteiger partial charge in [0.2, 0.25) is 5.91 Å². The van der Waals surface area contributed by atoms with Crippen LogP contribution in [0.3, 0.4) is 0 Å². The summed E-state index contributed by atoms with van der Waals surface area (Å²) in [5, 5.41) is 7.00. The van der Waals surface area contributed by atoms with E-state index in [4.69, 9.17) is 0 Å². The average molecular weight is 328 g/mol. The maximum atomic E-state index is 12.1. The first-order valence-corrected chi connectivity index (χ1v) is 8.02. The molecule has 0 unspecified atom stereocenters. The van der Waals surface area contributed by atoms with Crippen LogP contribution in [-0.2, 0) is 4.79 Å². The number of para-hydroxylation sites is 1. The number of amides is 2. The molecule has 23 heavy (non-hydrogen) atoms. The third kappa shape index (κ3) is 3.75. The molecule has 0 aliphatic carbocycles. The van der Waals surface area contributed by atoms with Crippen LogP contribution in [0.2, 0.25) is 0 Å². The van der Waals surface area contributed by atoms with Gasteiger partial charge in [-0.25, -0.2) is 4.98 Å². The molecule has 0 spiro atoms. The van der Waals surface area contributed by atoms with E-state index < -0.39 is 0 Å². The molecule has 1 aromatic carbocycles. The van der Waals surface area contributed by atoms with Crippen molar-refractivity contribution in [3.63, 3.8) is 0 Å². The van der Waals surface area contributed by atoms with Crippen molar-refractivity contribution in [2.75, 3.05) is 11.9 Å². The van der Waals surface area contributed by atoms with Crippen LogP contribution in [0.4, 0.5) is 5.13 Å². The summed E-state index contributed by atoms with van der Waals surface area (Å²) < 4.78 is 0. The Balaban J connectivity index is 1.49. The third-order valence-electron chi connectivity index (χ3n) is 3.28. The topological polar surface area (TPSA) is 86.9 Å². The number of thiazole rings is 1. The van der Waals surface area contributed by atoms with Crippen molar-refractivity contribution in [2.24, 2.45) is 0 Å². The second-order valence-corrected chi connectivity index (χ2v) is 6.34. The molecule has 0 aliphatic heterocycles. The molecule has 7 heteroatoms. The molecule has 3 N–H and O–H groups in total. The van der Waals surface area contributed by atoms with Crippen molar-refractivity contribution in [2.45, 2.75) is 13.3 Å². The van der Waals surface area contributed by atoms with Gasteiger partial charge in [-0.3, -0.25) is 9.59 Å². The maximum Gasteiger partial charge on any atom is 0.267 e. The summed E-state index contributed by atoms with van der Waals surface area (Å²) in [7, 11) is 0. The molecule has 0 atom stereocenters. The van der Waals surface area contributed by atoms with Crippen LogP contribution in [0.25, 0.3) is 10.9 Å². The number of nitrogens with zero attached hydrogens (tertiary/aromatic N) is 1. The van der Waals surface area contributed by atoms with Crippen molar-refractivity contribution in [3.05, 3.63) is 47.1 Å². The summed E-state index contributed by atoms with van der Waals surface area (Å²) in [4.78, 5) is 32.0. The van der Waals surface area contributed by atoms with Gasteiger partial charge in [0.1, 0.15) is 5.69 Å². The van der Waals surface area contributed by atoms with Gasteiger partial charge in [0, 0.05) is 34.9 Å². The lowest BCUT2D eigenvalue weighted by molar-refractivity contribution is -0.116. The van der Waals surface area contributed by atoms with Crippen molar-refractivity contribution < 1.29 is 9.59 Å². The van der Waals surface area contributed by atoms with E-state index in [2.05, 4.69) is 20.6 Å². The summed E-state index contributed by atoms with van der Waals surface area (Å²) in [6, 6.07) is 9.47. The van der Waals surface area contributed by atoms with Crippen molar-refractivity contribution in [1.82, 2.24) is 15.3 Å². The van der Waals surface area contributed by atoms with Crippen LogP contribution in [0.5, 0.6) is 0 Å². The first-order chi connectivity index (χ1) is 11.1. The molecule has 0 aliphatic rings. The summed E-state index contributed by atoms with van der Waals surface area (Å²) >= 11 is 1.42. The molecule has 118 valence electrons. The number of aryl methyl sites for hydroxylation is 1. The van der Waals surface area contributed by atoms with E-state index in [1.165, 1.54) is 11.3 Å². The Morgan fingerprint density at radius 3 is 2.87 bits per heavy atom. The molecule has 0 saturated heterocycles. The second-order valence-electron chi connectivity index (χ2n) is 5.10. The number of carbonyl (C=O) groups excluding carboxylic acids is 2. The van der Waals surface area contributed by atoms with E-state index in [9.17, 15) is 9.59 Å². The summed E-state index contributed by atoms with van der Waals surface area (Å²) in [6.07, 6.45) is 1.91. The number of aromatic amines is 1. The van der Waals surface area contributed by atoms with Crippen LogP contribution >= 0.6 is 11.3 Å². The molecule has 2 aromatic heterocycles. The Kier molecular flexibility index (Phi) is 4.38. The van der Waals surface area contributed by atoms with Gasteiger partial charge in [-0.1, -0.05) is 18.2 Å². The number of aromatic nitrogens is 2. The zero-order valence-corrected chi connectivity index (χ0v) is 13.4. The van der Waals surface area contributed by atoms with Crippen molar-refractivity contribution in [3.8, 4) is 0 Å². The Hall–Kier alpha value is -2.67. The van der Waals surface area contributed by atoms with Crippen LogP contribution < -0.4 is 10.6 Å². The minimum Gasteiger partial charge on any atom is -0.351 e. The van der Waals surface area contributed by atoms with Crippen LogP contribution in [0, 0.1) is 6.92 Å². The van der Waals surface area contributed by atoms with E-state index in [1.54, 1.807) is 12.3 Å². The lowest BCUT2D eigenvalue weighted by atomic mass is 10.2. The Labute approximate surface area is 136 Å². The predicted octanol–water partition coefficient (Wildman–Crippen LogP) is 2.69. The predicted molar refractivity (Wildman–Crippen MR) is 90.7 cm³/mol. The van der Waals surface area contributed by atoms with E-state index in [0.717, 1.165) is 15.8 Å². The van der Waals surface area contributed by atoms with Gasteiger partial charge in [0.05, 0.1) is 0 Å². The van der Waals surface area contributed by atoms with Gasteiger partial charge in [-0.15, -0.1) is 11.3 Å². The summed E-state index contributed by atoms with van der Waals surface area (Å²) in [6.45, 7) is 2.19. The molecule has 0 radical (unpaired) electrons. The number of anilines is 1. The summed E-state index contributed by atoms with van der Waals surface area (Å²) in [5.41, 5.74) is 1.40.